The number of piperazine rings is 1. The predicted molar refractivity (Wildman–Crippen MR) is 50.5 cm³/mol. The summed E-state index contributed by atoms with van der Waals surface area (Å²) in [7, 11) is 0. The van der Waals surface area contributed by atoms with Gasteiger partial charge in [0.2, 0.25) is 0 Å². The zero-order valence-corrected chi connectivity index (χ0v) is 8.38. The monoisotopic (exact) mass is 186 g/mol. The van der Waals surface area contributed by atoms with Crippen LogP contribution in [0, 0.1) is 0 Å². The van der Waals surface area contributed by atoms with E-state index in [0.29, 0.717) is 13.2 Å². The Morgan fingerprint density at radius 3 is 3.00 bits per heavy atom. The molecule has 0 aromatic carbocycles. The molecule has 0 aromatic heterocycles. The van der Waals surface area contributed by atoms with Crippen molar-refractivity contribution >= 4 is 5.97 Å². The van der Waals surface area contributed by atoms with Crippen LogP contribution in [0.4, 0.5) is 0 Å². The van der Waals surface area contributed by atoms with Crippen LogP contribution in [0.3, 0.4) is 0 Å². The Morgan fingerprint density at radius 2 is 2.38 bits per heavy atom. The number of carbonyl (C=O) groups is 1. The van der Waals surface area contributed by atoms with Gasteiger partial charge >= 0.3 is 5.97 Å². The number of ether oxygens (including phenoxy) is 1. The molecule has 1 aliphatic heterocycles. The topological polar surface area (TPSA) is 41.6 Å². The van der Waals surface area contributed by atoms with Crippen LogP contribution in [0.25, 0.3) is 0 Å². The number of nitrogens with one attached hydrogen (secondary N) is 1. The molecule has 1 heterocycles. The van der Waals surface area contributed by atoms with Gasteiger partial charge in [0.15, 0.2) is 0 Å². The van der Waals surface area contributed by atoms with Crippen LogP contribution in [0.15, 0.2) is 0 Å². The molecule has 4 heteroatoms. The van der Waals surface area contributed by atoms with Gasteiger partial charge in [0.1, 0.15) is 6.04 Å². The zero-order chi connectivity index (χ0) is 9.68. The maximum absolute atomic E-state index is 11.5. The molecule has 0 bridgehead atoms. The lowest BCUT2D eigenvalue weighted by Gasteiger charge is -2.33. The highest BCUT2D eigenvalue weighted by molar-refractivity contribution is 5.76. The van der Waals surface area contributed by atoms with E-state index in [1.165, 1.54) is 0 Å². The number of esters is 1. The minimum atomic E-state index is -0.100. The smallest absolute Gasteiger partial charge is 0.324 e. The summed E-state index contributed by atoms with van der Waals surface area (Å²) in [6.07, 6.45) is 0. The SMILES string of the molecule is CCOC(=O)C1CNCCN1CC. The van der Waals surface area contributed by atoms with Crippen LogP contribution in [0.2, 0.25) is 0 Å². The minimum absolute atomic E-state index is 0.0845. The first-order valence-corrected chi connectivity index (χ1v) is 4.91. The number of likely N-dealkylation sites (N-methyl/N-ethyl adjacent to an activating group) is 1. The Labute approximate surface area is 79.2 Å². The molecule has 0 amide bonds. The lowest BCUT2D eigenvalue weighted by atomic mass is 10.2. The molecule has 1 saturated heterocycles. The fraction of sp³-hybridized carbons (Fsp3) is 0.889. The number of carbonyl (C=O) groups excluding carboxylic acids is 1. The van der Waals surface area contributed by atoms with E-state index in [9.17, 15) is 4.79 Å². The van der Waals surface area contributed by atoms with Gasteiger partial charge in [0.25, 0.3) is 0 Å². The van der Waals surface area contributed by atoms with E-state index in [4.69, 9.17) is 4.74 Å². The lowest BCUT2D eigenvalue weighted by Crippen LogP contribution is -2.55. The number of hydrogen-bond donors (Lipinski definition) is 1. The average molecular weight is 186 g/mol. The molecule has 0 aromatic rings. The lowest BCUT2D eigenvalue weighted by molar-refractivity contribution is -0.150. The largest absolute Gasteiger partial charge is 0.465 e. The highest BCUT2D eigenvalue weighted by Gasteiger charge is 2.28. The molecule has 0 spiro atoms. The Balaban J connectivity index is 2.48. The van der Waals surface area contributed by atoms with Crippen molar-refractivity contribution in [2.45, 2.75) is 19.9 Å². The zero-order valence-electron chi connectivity index (χ0n) is 8.38. The molecule has 4 nitrogen and oxygen atoms in total. The van der Waals surface area contributed by atoms with Crippen molar-refractivity contribution < 1.29 is 9.53 Å². The van der Waals surface area contributed by atoms with Crippen molar-refractivity contribution in [2.75, 3.05) is 32.8 Å². The Kier molecular flexibility index (Phi) is 4.18. The summed E-state index contributed by atoms with van der Waals surface area (Å²) in [5, 5.41) is 3.20. The first-order chi connectivity index (χ1) is 6.29. The van der Waals surface area contributed by atoms with Crippen molar-refractivity contribution in [3.63, 3.8) is 0 Å². The summed E-state index contributed by atoms with van der Waals surface area (Å²) in [4.78, 5) is 13.6. The first-order valence-electron chi connectivity index (χ1n) is 4.91. The Bertz CT molecular complexity index is 173. The summed E-state index contributed by atoms with van der Waals surface area (Å²) in [5.74, 6) is -0.100. The van der Waals surface area contributed by atoms with Crippen LogP contribution in [-0.4, -0.2) is 49.7 Å². The van der Waals surface area contributed by atoms with Gasteiger partial charge in [-0.2, -0.15) is 0 Å². The van der Waals surface area contributed by atoms with Crippen LogP contribution < -0.4 is 5.32 Å². The van der Waals surface area contributed by atoms with Gasteiger partial charge in [-0.15, -0.1) is 0 Å². The maximum atomic E-state index is 11.5. The van der Waals surface area contributed by atoms with Crippen molar-refractivity contribution in [2.24, 2.45) is 0 Å². The summed E-state index contributed by atoms with van der Waals surface area (Å²) in [6, 6.07) is -0.0845. The minimum Gasteiger partial charge on any atom is -0.465 e. The fourth-order valence-electron chi connectivity index (χ4n) is 1.60. The fourth-order valence-corrected chi connectivity index (χ4v) is 1.60. The molecule has 0 saturated carbocycles. The second-order valence-electron chi connectivity index (χ2n) is 3.10. The number of nitrogens with zero attached hydrogens (tertiary/aromatic N) is 1. The molecular weight excluding hydrogens is 168 g/mol. The van der Waals surface area contributed by atoms with Gasteiger partial charge in [-0.3, -0.25) is 9.69 Å². The van der Waals surface area contributed by atoms with E-state index < -0.39 is 0 Å². The molecule has 76 valence electrons. The molecule has 0 radical (unpaired) electrons. The average Bonchev–Trinajstić information content (AvgIpc) is 2.18. The van der Waals surface area contributed by atoms with Crippen molar-refractivity contribution in [1.82, 2.24) is 10.2 Å². The third-order valence-corrected chi connectivity index (χ3v) is 2.32. The van der Waals surface area contributed by atoms with Gasteiger partial charge in [0, 0.05) is 19.6 Å². The summed E-state index contributed by atoms with van der Waals surface area (Å²) < 4.78 is 4.99. The molecule has 1 N–H and O–H groups in total. The van der Waals surface area contributed by atoms with Crippen molar-refractivity contribution in [3.05, 3.63) is 0 Å². The standard InChI is InChI=1S/C9H18N2O2/c1-3-11-6-5-10-7-8(11)9(12)13-4-2/h8,10H,3-7H2,1-2H3. The highest BCUT2D eigenvalue weighted by atomic mass is 16.5. The molecule has 1 aliphatic rings. The van der Waals surface area contributed by atoms with Gasteiger partial charge in [-0.05, 0) is 13.5 Å². The summed E-state index contributed by atoms with van der Waals surface area (Å²) in [5.41, 5.74) is 0. The number of hydrogen-bond acceptors (Lipinski definition) is 4. The normalized spacial score (nSPS) is 24.3. The molecule has 13 heavy (non-hydrogen) atoms. The van der Waals surface area contributed by atoms with E-state index in [2.05, 4.69) is 17.1 Å². The van der Waals surface area contributed by atoms with Crippen molar-refractivity contribution in [1.29, 1.82) is 0 Å². The quantitative estimate of drug-likeness (QED) is 0.622. The van der Waals surface area contributed by atoms with E-state index in [1.54, 1.807) is 0 Å². The third kappa shape index (κ3) is 2.67. The molecule has 0 aliphatic carbocycles. The molecule has 1 fully saturated rings. The first kappa shape index (κ1) is 10.5. The maximum Gasteiger partial charge on any atom is 0.324 e. The number of rotatable bonds is 3. The Morgan fingerprint density at radius 1 is 1.62 bits per heavy atom. The van der Waals surface area contributed by atoms with Gasteiger partial charge in [0.05, 0.1) is 6.61 Å². The summed E-state index contributed by atoms with van der Waals surface area (Å²) >= 11 is 0. The van der Waals surface area contributed by atoms with E-state index in [0.717, 1.165) is 19.6 Å². The molecule has 1 atom stereocenters. The van der Waals surface area contributed by atoms with Gasteiger partial charge < -0.3 is 10.1 Å². The van der Waals surface area contributed by atoms with Crippen LogP contribution >= 0.6 is 0 Å². The second-order valence-corrected chi connectivity index (χ2v) is 3.10. The van der Waals surface area contributed by atoms with Crippen LogP contribution in [0.5, 0.6) is 0 Å². The Hall–Kier alpha value is -0.610. The third-order valence-electron chi connectivity index (χ3n) is 2.32. The van der Waals surface area contributed by atoms with Gasteiger partial charge in [-0.25, -0.2) is 0 Å². The van der Waals surface area contributed by atoms with Crippen LogP contribution in [0.1, 0.15) is 13.8 Å². The second kappa shape index (κ2) is 5.19. The van der Waals surface area contributed by atoms with E-state index in [-0.39, 0.29) is 12.0 Å². The van der Waals surface area contributed by atoms with E-state index in [1.807, 2.05) is 6.92 Å². The molecular formula is C9H18N2O2. The van der Waals surface area contributed by atoms with Gasteiger partial charge in [-0.1, -0.05) is 6.92 Å². The molecule has 1 rings (SSSR count). The highest BCUT2D eigenvalue weighted by Crippen LogP contribution is 2.04. The molecule has 1 unspecified atom stereocenters. The van der Waals surface area contributed by atoms with Crippen LogP contribution in [-0.2, 0) is 9.53 Å². The van der Waals surface area contributed by atoms with Crippen molar-refractivity contribution in [3.8, 4) is 0 Å². The summed E-state index contributed by atoms with van der Waals surface area (Å²) in [6.45, 7) is 7.89. The van der Waals surface area contributed by atoms with E-state index >= 15 is 0 Å². The predicted octanol–water partition coefficient (Wildman–Crippen LogP) is -0.157.